The molecule has 2 aliphatic rings. The Kier molecular flexibility index (Phi) is 11.5. The standard InChI is InChI=1S/C46H41Cl2N5O7/c1-26-27(2)49-15-14-35(26)30-7-4-28(5-8-30)19-38(46(56)57)51-44(54)39-20-32-21-40-41(22-33(32)23-53(39)45(55)43-50-16-17-52(43)3)60-42(25-59-40)31-9-11-34(12-10-31)58-24-29-6-13-36(47)37(48)18-29/h4-18,21-22,38-39,42H,19-20,23-25H2,1-3H3,(H,51,54)(H,56,57)/t38-,39-,42+/m0/s1. The second-order valence-electron chi connectivity index (χ2n) is 15.0. The van der Waals surface area contributed by atoms with Crippen LogP contribution in [0, 0.1) is 13.8 Å². The minimum absolute atomic E-state index is 0.0423. The number of halogens is 2. The number of nitrogens with zero attached hydrogens (tertiary/aromatic N) is 4. The summed E-state index contributed by atoms with van der Waals surface area (Å²) in [5.74, 6) is -0.413. The third-order valence-corrected chi connectivity index (χ3v) is 11.8. The smallest absolute Gasteiger partial charge is 0.326 e. The van der Waals surface area contributed by atoms with Gasteiger partial charge in [0.2, 0.25) is 5.91 Å². The van der Waals surface area contributed by atoms with Crippen LogP contribution in [0.3, 0.4) is 0 Å². The molecule has 0 spiro atoms. The fraction of sp³-hybridized carbons (Fsp3) is 0.239. The number of fused-ring (bicyclic) bond motifs is 2. The number of benzene rings is 4. The number of pyridine rings is 1. The number of imidazole rings is 1. The zero-order valence-corrected chi connectivity index (χ0v) is 34.5. The topological polar surface area (TPSA) is 145 Å². The van der Waals surface area contributed by atoms with Gasteiger partial charge in [0.05, 0.1) is 10.0 Å². The van der Waals surface area contributed by atoms with Crippen LogP contribution in [0.2, 0.25) is 10.0 Å². The second kappa shape index (κ2) is 17.1. The summed E-state index contributed by atoms with van der Waals surface area (Å²) in [6.07, 6.45) is 4.67. The van der Waals surface area contributed by atoms with Crippen molar-refractivity contribution in [3.05, 3.63) is 158 Å². The summed E-state index contributed by atoms with van der Waals surface area (Å²) in [5.41, 5.74) is 8.07. The van der Waals surface area contributed by atoms with Gasteiger partial charge in [0.25, 0.3) is 5.91 Å². The molecule has 4 heterocycles. The lowest BCUT2D eigenvalue weighted by Gasteiger charge is -2.37. The summed E-state index contributed by atoms with van der Waals surface area (Å²) in [6.45, 7) is 4.59. The number of carboxylic acids is 1. The summed E-state index contributed by atoms with van der Waals surface area (Å²) in [7, 11) is 1.70. The number of hydrogen-bond donors (Lipinski definition) is 2. The number of aromatic nitrogens is 3. The maximum Gasteiger partial charge on any atom is 0.326 e. The molecule has 0 bridgehead atoms. The van der Waals surface area contributed by atoms with E-state index in [0.717, 1.165) is 50.2 Å². The average molecular weight is 847 g/mol. The molecule has 306 valence electrons. The minimum atomic E-state index is -1.25. The molecule has 60 heavy (non-hydrogen) atoms. The molecule has 0 radical (unpaired) electrons. The molecule has 6 aromatic rings. The molecule has 3 atom stereocenters. The minimum Gasteiger partial charge on any atom is -0.489 e. The summed E-state index contributed by atoms with van der Waals surface area (Å²) in [6, 6.07) is 23.9. The van der Waals surface area contributed by atoms with Gasteiger partial charge in [-0.15, -0.1) is 0 Å². The molecule has 4 aromatic carbocycles. The van der Waals surface area contributed by atoms with Crippen molar-refractivity contribution in [2.24, 2.45) is 7.05 Å². The van der Waals surface area contributed by atoms with Crippen LogP contribution >= 0.6 is 23.2 Å². The first-order chi connectivity index (χ1) is 28.9. The number of aliphatic carboxylic acids is 1. The van der Waals surface area contributed by atoms with E-state index in [2.05, 4.69) is 15.3 Å². The van der Waals surface area contributed by atoms with Gasteiger partial charge in [0.15, 0.2) is 23.4 Å². The molecule has 2 aromatic heterocycles. The van der Waals surface area contributed by atoms with Crippen molar-refractivity contribution in [1.82, 2.24) is 24.8 Å². The summed E-state index contributed by atoms with van der Waals surface area (Å²) >= 11 is 12.2. The highest BCUT2D eigenvalue weighted by atomic mass is 35.5. The van der Waals surface area contributed by atoms with E-state index in [1.165, 1.54) is 11.1 Å². The number of carboxylic acid groups (broad SMARTS) is 1. The number of nitrogens with one attached hydrogen (secondary N) is 1. The Labute approximate surface area is 356 Å². The van der Waals surface area contributed by atoms with Crippen LogP contribution in [0.1, 0.15) is 55.8 Å². The monoisotopic (exact) mass is 845 g/mol. The Morgan fingerprint density at radius 1 is 0.900 bits per heavy atom. The number of carbonyl (C=O) groups excluding carboxylic acids is 2. The molecule has 0 aliphatic carbocycles. The van der Waals surface area contributed by atoms with Crippen LogP contribution in [-0.2, 0) is 42.6 Å². The molecule has 2 aliphatic heterocycles. The first-order valence-electron chi connectivity index (χ1n) is 19.4. The van der Waals surface area contributed by atoms with Gasteiger partial charge in [-0.3, -0.25) is 14.6 Å². The van der Waals surface area contributed by atoms with E-state index in [1.54, 1.807) is 36.1 Å². The van der Waals surface area contributed by atoms with Crippen LogP contribution in [-0.4, -0.2) is 61.0 Å². The van der Waals surface area contributed by atoms with Crippen molar-refractivity contribution in [3.8, 4) is 28.4 Å². The van der Waals surface area contributed by atoms with Gasteiger partial charge in [-0.05, 0) is 101 Å². The lowest BCUT2D eigenvalue weighted by molar-refractivity contribution is -0.142. The first-order valence-corrected chi connectivity index (χ1v) is 20.1. The van der Waals surface area contributed by atoms with Gasteiger partial charge < -0.3 is 34.1 Å². The molecule has 2 amide bonds. The van der Waals surface area contributed by atoms with Crippen LogP contribution in [0.15, 0.2) is 104 Å². The third kappa shape index (κ3) is 8.52. The van der Waals surface area contributed by atoms with Gasteiger partial charge in [-0.1, -0.05) is 65.7 Å². The van der Waals surface area contributed by atoms with E-state index in [4.69, 9.17) is 37.4 Å². The van der Waals surface area contributed by atoms with Crippen molar-refractivity contribution in [1.29, 1.82) is 0 Å². The van der Waals surface area contributed by atoms with Crippen molar-refractivity contribution < 1.29 is 33.7 Å². The fourth-order valence-electron chi connectivity index (χ4n) is 7.52. The van der Waals surface area contributed by atoms with Crippen LogP contribution in [0.5, 0.6) is 17.2 Å². The van der Waals surface area contributed by atoms with E-state index in [1.807, 2.05) is 86.6 Å². The van der Waals surface area contributed by atoms with Crippen LogP contribution in [0.4, 0.5) is 0 Å². The average Bonchev–Trinajstić information content (AvgIpc) is 3.69. The summed E-state index contributed by atoms with van der Waals surface area (Å²) in [5, 5.41) is 14.0. The van der Waals surface area contributed by atoms with Crippen molar-refractivity contribution in [2.75, 3.05) is 6.61 Å². The lowest BCUT2D eigenvalue weighted by atomic mass is 9.92. The predicted octanol–water partition coefficient (Wildman–Crippen LogP) is 7.88. The number of carbonyl (C=O) groups is 3. The SMILES string of the molecule is Cc1nccc(-c2ccc(C[C@H](NC(=O)[C@@H]3Cc4cc5c(cc4CN3C(=O)c3nccn3C)O[C@@H](c3ccc(OCc4ccc(Cl)c(Cl)c4)cc3)CO5)C(=O)O)cc2)c1C. The molecular weight excluding hydrogens is 805 g/mol. The Balaban J connectivity index is 0.982. The van der Waals surface area contributed by atoms with Crippen LogP contribution < -0.4 is 19.5 Å². The van der Waals surface area contributed by atoms with Gasteiger partial charge in [-0.25, -0.2) is 9.78 Å². The second-order valence-corrected chi connectivity index (χ2v) is 15.8. The van der Waals surface area contributed by atoms with Gasteiger partial charge >= 0.3 is 5.97 Å². The van der Waals surface area contributed by atoms with Crippen molar-refractivity contribution in [2.45, 2.75) is 58.0 Å². The maximum atomic E-state index is 14.2. The molecule has 8 rings (SSSR count). The first kappa shape index (κ1) is 40.4. The quantitative estimate of drug-likeness (QED) is 0.133. The van der Waals surface area contributed by atoms with Gasteiger partial charge in [0.1, 0.15) is 31.0 Å². The highest BCUT2D eigenvalue weighted by molar-refractivity contribution is 6.42. The number of ether oxygens (including phenoxy) is 3. The van der Waals surface area contributed by atoms with E-state index in [0.29, 0.717) is 33.9 Å². The van der Waals surface area contributed by atoms with Crippen molar-refractivity contribution in [3.63, 3.8) is 0 Å². The van der Waals surface area contributed by atoms with E-state index in [-0.39, 0.29) is 31.8 Å². The number of amides is 2. The van der Waals surface area contributed by atoms with E-state index >= 15 is 0 Å². The zero-order valence-electron chi connectivity index (χ0n) is 33.0. The third-order valence-electron chi connectivity index (χ3n) is 11.0. The summed E-state index contributed by atoms with van der Waals surface area (Å²) in [4.78, 5) is 50.9. The number of aryl methyl sites for hydroxylation is 2. The Morgan fingerprint density at radius 2 is 1.65 bits per heavy atom. The maximum absolute atomic E-state index is 14.2. The highest BCUT2D eigenvalue weighted by Gasteiger charge is 2.39. The number of hydrogen-bond acceptors (Lipinski definition) is 8. The zero-order chi connectivity index (χ0) is 42.1. The molecular formula is C46H41Cl2N5O7. The Morgan fingerprint density at radius 3 is 2.37 bits per heavy atom. The normalized spacial score (nSPS) is 16.1. The van der Waals surface area contributed by atoms with E-state index in [9.17, 15) is 19.5 Å². The summed E-state index contributed by atoms with van der Waals surface area (Å²) < 4.78 is 20.2. The fourth-order valence-corrected chi connectivity index (χ4v) is 7.84. The van der Waals surface area contributed by atoms with Gasteiger partial charge in [0, 0.05) is 50.7 Å². The molecule has 0 saturated heterocycles. The van der Waals surface area contributed by atoms with Crippen molar-refractivity contribution >= 4 is 41.0 Å². The molecule has 2 N–H and O–H groups in total. The molecule has 12 nitrogen and oxygen atoms in total. The largest absolute Gasteiger partial charge is 0.489 e. The number of rotatable bonds is 11. The highest BCUT2D eigenvalue weighted by Crippen LogP contribution is 2.41. The van der Waals surface area contributed by atoms with Crippen LogP contribution in [0.25, 0.3) is 11.1 Å². The molecule has 0 unspecified atom stereocenters. The predicted molar refractivity (Wildman–Crippen MR) is 226 cm³/mol. The van der Waals surface area contributed by atoms with E-state index < -0.39 is 36.0 Å². The van der Waals surface area contributed by atoms with Gasteiger partial charge in [-0.2, -0.15) is 0 Å². The Bertz CT molecular complexity index is 2600. The molecule has 0 fully saturated rings. The molecule has 14 heteroatoms. The molecule has 0 saturated carbocycles. The Hall–Kier alpha value is -6.37. The lowest BCUT2D eigenvalue weighted by Crippen LogP contribution is -2.56.